The Bertz CT molecular complexity index is 1330. The SMILES string of the molecule is CCc1ccc(N(CC(=O)N(CCc2ccccc2)[C@@H](CC)C(=O)N[C@H](C)CC)S(=O)(=O)c2ccccc2)cc1. The van der Waals surface area contributed by atoms with Gasteiger partial charge in [-0.3, -0.25) is 13.9 Å². The van der Waals surface area contributed by atoms with Crippen molar-refractivity contribution in [3.05, 3.63) is 96.1 Å². The highest BCUT2D eigenvalue weighted by Crippen LogP contribution is 2.25. The van der Waals surface area contributed by atoms with Gasteiger partial charge in [-0.1, -0.05) is 81.4 Å². The predicted molar refractivity (Wildman–Crippen MR) is 161 cm³/mol. The van der Waals surface area contributed by atoms with Crippen molar-refractivity contribution in [2.45, 2.75) is 70.4 Å². The van der Waals surface area contributed by atoms with Crippen LogP contribution in [0.25, 0.3) is 0 Å². The Morgan fingerprint density at radius 3 is 1.95 bits per heavy atom. The van der Waals surface area contributed by atoms with Gasteiger partial charge in [-0.25, -0.2) is 8.42 Å². The smallest absolute Gasteiger partial charge is 0.264 e. The lowest BCUT2D eigenvalue weighted by atomic mass is 10.1. The van der Waals surface area contributed by atoms with E-state index in [1.54, 1.807) is 35.2 Å². The Labute approximate surface area is 239 Å². The van der Waals surface area contributed by atoms with Gasteiger partial charge in [0.05, 0.1) is 10.6 Å². The fraction of sp³-hybridized carbons (Fsp3) is 0.375. The second kappa shape index (κ2) is 14.7. The molecule has 8 heteroatoms. The third-order valence-corrected chi connectivity index (χ3v) is 8.90. The molecule has 1 N–H and O–H groups in total. The van der Waals surface area contributed by atoms with Crippen LogP contribution in [-0.2, 0) is 32.5 Å². The minimum absolute atomic E-state index is 0.0420. The summed E-state index contributed by atoms with van der Waals surface area (Å²) in [5, 5.41) is 3.00. The molecule has 0 unspecified atom stereocenters. The van der Waals surface area contributed by atoms with Gasteiger partial charge in [0.2, 0.25) is 11.8 Å². The Balaban J connectivity index is 1.99. The number of amides is 2. The van der Waals surface area contributed by atoms with Crippen LogP contribution in [0, 0.1) is 0 Å². The molecule has 7 nitrogen and oxygen atoms in total. The molecule has 0 radical (unpaired) electrons. The topological polar surface area (TPSA) is 86.8 Å². The van der Waals surface area contributed by atoms with Crippen molar-refractivity contribution < 1.29 is 18.0 Å². The second-order valence-electron chi connectivity index (χ2n) is 9.91. The van der Waals surface area contributed by atoms with Crippen molar-refractivity contribution in [1.29, 1.82) is 0 Å². The molecule has 0 aliphatic rings. The summed E-state index contributed by atoms with van der Waals surface area (Å²) >= 11 is 0. The average molecular weight is 564 g/mol. The standard InChI is InChI=1S/C32H41N3O4S/c1-5-25(4)33-32(37)30(7-3)34(23-22-27-14-10-8-11-15-27)31(36)24-35(28-20-18-26(6-2)19-21-28)40(38,39)29-16-12-9-13-17-29/h8-21,25,30H,5-7,22-24H2,1-4H3,(H,33,37)/t25-,30+/m1/s1. The zero-order valence-electron chi connectivity index (χ0n) is 23.9. The summed E-state index contributed by atoms with van der Waals surface area (Å²) in [6.07, 6.45) is 2.51. The van der Waals surface area contributed by atoms with E-state index in [0.29, 0.717) is 18.5 Å². The number of benzene rings is 3. The fourth-order valence-corrected chi connectivity index (χ4v) is 5.92. The zero-order valence-corrected chi connectivity index (χ0v) is 24.7. The fourth-order valence-electron chi connectivity index (χ4n) is 4.48. The van der Waals surface area contributed by atoms with E-state index in [4.69, 9.17) is 0 Å². The molecular formula is C32H41N3O4S. The first-order chi connectivity index (χ1) is 19.2. The Kier molecular flexibility index (Phi) is 11.3. The maximum Gasteiger partial charge on any atom is 0.264 e. The largest absolute Gasteiger partial charge is 0.352 e. The third kappa shape index (κ3) is 7.94. The van der Waals surface area contributed by atoms with E-state index in [1.807, 2.05) is 70.2 Å². The molecule has 40 heavy (non-hydrogen) atoms. The van der Waals surface area contributed by atoms with E-state index in [0.717, 1.165) is 28.3 Å². The van der Waals surface area contributed by atoms with E-state index < -0.39 is 28.5 Å². The first kappa shape index (κ1) is 30.9. The Morgan fingerprint density at radius 2 is 1.40 bits per heavy atom. The first-order valence-corrected chi connectivity index (χ1v) is 15.5. The number of nitrogens with zero attached hydrogens (tertiary/aromatic N) is 2. The number of carbonyl (C=O) groups excluding carboxylic acids is 2. The summed E-state index contributed by atoms with van der Waals surface area (Å²) in [5.41, 5.74) is 2.49. The lowest BCUT2D eigenvalue weighted by molar-refractivity contribution is -0.139. The van der Waals surface area contributed by atoms with Gasteiger partial charge in [-0.2, -0.15) is 0 Å². The summed E-state index contributed by atoms with van der Waals surface area (Å²) in [6.45, 7) is 7.66. The summed E-state index contributed by atoms with van der Waals surface area (Å²) in [4.78, 5) is 29.0. The van der Waals surface area contributed by atoms with Crippen LogP contribution in [0.15, 0.2) is 89.8 Å². The van der Waals surface area contributed by atoms with Gasteiger partial charge < -0.3 is 10.2 Å². The van der Waals surface area contributed by atoms with Crippen LogP contribution in [0.5, 0.6) is 0 Å². The quantitative estimate of drug-likeness (QED) is 0.292. The summed E-state index contributed by atoms with van der Waals surface area (Å²) < 4.78 is 28.9. The normalized spacial score (nSPS) is 12.8. The van der Waals surface area contributed by atoms with Crippen LogP contribution in [-0.4, -0.2) is 50.3 Å². The van der Waals surface area contributed by atoms with Crippen LogP contribution < -0.4 is 9.62 Å². The van der Waals surface area contributed by atoms with Crippen molar-refractivity contribution in [2.75, 3.05) is 17.4 Å². The van der Waals surface area contributed by atoms with Gasteiger partial charge in [0.25, 0.3) is 10.0 Å². The number of hydrogen-bond acceptors (Lipinski definition) is 4. The molecule has 0 heterocycles. The van der Waals surface area contributed by atoms with E-state index in [9.17, 15) is 18.0 Å². The lowest BCUT2D eigenvalue weighted by Gasteiger charge is -2.33. The maximum absolute atomic E-state index is 14.0. The highest BCUT2D eigenvalue weighted by Gasteiger charge is 2.33. The molecule has 3 rings (SSSR count). The van der Waals surface area contributed by atoms with E-state index >= 15 is 0 Å². The van der Waals surface area contributed by atoms with Gasteiger partial charge >= 0.3 is 0 Å². The number of hydrogen-bond donors (Lipinski definition) is 1. The first-order valence-electron chi connectivity index (χ1n) is 14.0. The van der Waals surface area contributed by atoms with Crippen molar-refractivity contribution >= 4 is 27.5 Å². The molecule has 0 aliphatic carbocycles. The summed E-state index contributed by atoms with van der Waals surface area (Å²) in [6, 6.07) is 24.3. The molecule has 0 aliphatic heterocycles. The zero-order chi connectivity index (χ0) is 29.1. The molecule has 0 spiro atoms. The van der Waals surface area contributed by atoms with Crippen LogP contribution in [0.1, 0.15) is 51.7 Å². The van der Waals surface area contributed by atoms with Gasteiger partial charge in [0.1, 0.15) is 12.6 Å². The number of sulfonamides is 1. The Morgan fingerprint density at radius 1 is 0.800 bits per heavy atom. The number of nitrogens with one attached hydrogen (secondary N) is 1. The monoisotopic (exact) mass is 563 g/mol. The highest BCUT2D eigenvalue weighted by molar-refractivity contribution is 7.92. The summed E-state index contributed by atoms with van der Waals surface area (Å²) in [7, 11) is -4.06. The van der Waals surface area contributed by atoms with Crippen LogP contribution in [0.2, 0.25) is 0 Å². The number of rotatable bonds is 14. The van der Waals surface area contributed by atoms with Crippen molar-refractivity contribution in [3.8, 4) is 0 Å². The molecular weight excluding hydrogens is 522 g/mol. The second-order valence-corrected chi connectivity index (χ2v) is 11.8. The minimum atomic E-state index is -4.06. The summed E-state index contributed by atoms with van der Waals surface area (Å²) in [5.74, 6) is -0.663. The number of anilines is 1. The minimum Gasteiger partial charge on any atom is -0.352 e. The van der Waals surface area contributed by atoms with Gasteiger partial charge in [0, 0.05) is 12.6 Å². The molecule has 0 saturated carbocycles. The molecule has 0 saturated heterocycles. The molecule has 0 fully saturated rings. The predicted octanol–water partition coefficient (Wildman–Crippen LogP) is 5.21. The molecule has 3 aromatic carbocycles. The number of aryl methyl sites for hydroxylation is 1. The maximum atomic E-state index is 14.0. The molecule has 2 amide bonds. The Hall–Kier alpha value is -3.65. The van der Waals surface area contributed by atoms with Crippen molar-refractivity contribution in [1.82, 2.24) is 10.2 Å². The molecule has 0 bridgehead atoms. The van der Waals surface area contributed by atoms with E-state index in [2.05, 4.69) is 5.32 Å². The van der Waals surface area contributed by atoms with Crippen LogP contribution >= 0.6 is 0 Å². The molecule has 0 aromatic heterocycles. The number of carbonyl (C=O) groups is 2. The van der Waals surface area contributed by atoms with Crippen molar-refractivity contribution in [2.24, 2.45) is 0 Å². The van der Waals surface area contributed by atoms with Gasteiger partial charge in [-0.05, 0) is 68.0 Å². The average Bonchev–Trinajstić information content (AvgIpc) is 2.98. The van der Waals surface area contributed by atoms with Crippen molar-refractivity contribution in [3.63, 3.8) is 0 Å². The van der Waals surface area contributed by atoms with Crippen LogP contribution in [0.4, 0.5) is 5.69 Å². The molecule has 214 valence electrons. The molecule has 2 atom stereocenters. The highest BCUT2D eigenvalue weighted by atomic mass is 32.2. The van der Waals surface area contributed by atoms with Gasteiger partial charge in [0.15, 0.2) is 0 Å². The van der Waals surface area contributed by atoms with Crippen LogP contribution in [0.3, 0.4) is 0 Å². The van der Waals surface area contributed by atoms with E-state index in [-0.39, 0.29) is 23.4 Å². The molecule has 3 aromatic rings. The van der Waals surface area contributed by atoms with E-state index in [1.165, 1.54) is 12.1 Å². The van der Waals surface area contributed by atoms with Gasteiger partial charge in [-0.15, -0.1) is 0 Å². The lowest BCUT2D eigenvalue weighted by Crippen LogP contribution is -2.54. The third-order valence-electron chi connectivity index (χ3n) is 7.11.